The van der Waals surface area contributed by atoms with E-state index in [0.717, 1.165) is 23.5 Å². The second kappa shape index (κ2) is 5.84. The average Bonchev–Trinajstić information content (AvgIpc) is 2.35. The maximum absolute atomic E-state index is 12.2. The van der Waals surface area contributed by atoms with Crippen LogP contribution in [0.25, 0.3) is 0 Å². The SMILES string of the molecule is CC(c1ccc(S(C)=O)cc1)N(C)C(=O)C1CNC1. The van der Waals surface area contributed by atoms with Gasteiger partial charge in [0.2, 0.25) is 5.91 Å². The summed E-state index contributed by atoms with van der Waals surface area (Å²) in [4.78, 5) is 14.8. The number of carbonyl (C=O) groups excluding carboxylic acids is 1. The monoisotopic (exact) mass is 280 g/mol. The molecule has 1 fully saturated rings. The van der Waals surface area contributed by atoms with Gasteiger partial charge in [-0.3, -0.25) is 9.00 Å². The van der Waals surface area contributed by atoms with Crippen LogP contribution in [-0.4, -0.2) is 41.4 Å². The zero-order valence-corrected chi connectivity index (χ0v) is 12.4. The van der Waals surface area contributed by atoms with Gasteiger partial charge in [-0.15, -0.1) is 0 Å². The second-order valence-electron chi connectivity index (χ2n) is 5.00. The molecule has 0 aliphatic carbocycles. The summed E-state index contributed by atoms with van der Waals surface area (Å²) in [6.45, 7) is 3.58. The minimum atomic E-state index is -0.958. The molecule has 2 unspecified atom stereocenters. The van der Waals surface area contributed by atoms with Gasteiger partial charge in [0.15, 0.2) is 0 Å². The zero-order valence-electron chi connectivity index (χ0n) is 11.6. The summed E-state index contributed by atoms with van der Waals surface area (Å²) in [6, 6.07) is 7.66. The number of hydrogen-bond donors (Lipinski definition) is 1. The van der Waals surface area contributed by atoms with Gasteiger partial charge in [-0.05, 0) is 24.6 Å². The van der Waals surface area contributed by atoms with E-state index in [2.05, 4.69) is 5.32 Å². The number of nitrogens with one attached hydrogen (secondary N) is 1. The first-order valence-electron chi connectivity index (χ1n) is 6.41. The topological polar surface area (TPSA) is 49.4 Å². The Kier molecular flexibility index (Phi) is 4.37. The third-order valence-corrected chi connectivity index (χ3v) is 4.69. The van der Waals surface area contributed by atoms with Crippen molar-refractivity contribution < 1.29 is 9.00 Å². The summed E-state index contributed by atoms with van der Waals surface area (Å²) in [7, 11) is 0.886. The molecule has 2 atom stereocenters. The molecule has 1 amide bonds. The Bertz CT molecular complexity index is 483. The largest absolute Gasteiger partial charge is 0.339 e. The van der Waals surface area contributed by atoms with Gasteiger partial charge in [-0.25, -0.2) is 0 Å². The van der Waals surface area contributed by atoms with Crippen LogP contribution in [0.3, 0.4) is 0 Å². The van der Waals surface area contributed by atoms with Crippen molar-refractivity contribution in [2.24, 2.45) is 5.92 Å². The van der Waals surface area contributed by atoms with Crippen LogP contribution >= 0.6 is 0 Å². The van der Waals surface area contributed by atoms with Crippen LogP contribution in [0.1, 0.15) is 18.5 Å². The highest BCUT2D eigenvalue weighted by Crippen LogP contribution is 2.22. The van der Waals surface area contributed by atoms with Gasteiger partial charge in [-0.1, -0.05) is 12.1 Å². The Morgan fingerprint density at radius 2 is 1.95 bits per heavy atom. The Labute approximate surface area is 116 Å². The number of rotatable bonds is 4. The van der Waals surface area contributed by atoms with Crippen LogP contribution in [0.2, 0.25) is 0 Å². The lowest BCUT2D eigenvalue weighted by molar-refractivity contribution is -0.137. The van der Waals surface area contributed by atoms with Gasteiger partial charge in [0.25, 0.3) is 0 Å². The lowest BCUT2D eigenvalue weighted by Gasteiger charge is -2.33. The van der Waals surface area contributed by atoms with E-state index >= 15 is 0 Å². The molecule has 1 aliphatic heterocycles. The number of hydrogen-bond acceptors (Lipinski definition) is 3. The van der Waals surface area contributed by atoms with Crippen molar-refractivity contribution in [3.63, 3.8) is 0 Å². The molecule has 2 rings (SSSR count). The van der Waals surface area contributed by atoms with Crippen LogP contribution in [0.4, 0.5) is 0 Å². The lowest BCUT2D eigenvalue weighted by atomic mass is 9.99. The van der Waals surface area contributed by atoms with E-state index in [1.54, 1.807) is 11.2 Å². The average molecular weight is 280 g/mol. The van der Waals surface area contributed by atoms with Crippen molar-refractivity contribution in [2.75, 3.05) is 26.4 Å². The molecule has 0 spiro atoms. The molecular weight excluding hydrogens is 260 g/mol. The molecule has 0 bridgehead atoms. The van der Waals surface area contributed by atoms with E-state index in [9.17, 15) is 9.00 Å². The highest BCUT2D eigenvalue weighted by Gasteiger charge is 2.29. The molecular formula is C14H20N2O2S. The predicted molar refractivity (Wildman–Crippen MR) is 76.3 cm³/mol. The first-order valence-corrected chi connectivity index (χ1v) is 7.97. The fourth-order valence-corrected chi connectivity index (χ4v) is 2.62. The maximum atomic E-state index is 12.2. The standard InChI is InChI=1S/C14H20N2O2S/c1-10(16(2)14(17)12-8-15-9-12)11-4-6-13(7-5-11)19(3)18/h4-7,10,12,15H,8-9H2,1-3H3. The number of nitrogens with zero attached hydrogens (tertiary/aromatic N) is 1. The quantitative estimate of drug-likeness (QED) is 0.900. The number of amides is 1. The minimum absolute atomic E-state index is 0.0347. The Balaban J connectivity index is 2.07. The van der Waals surface area contributed by atoms with Gasteiger partial charge >= 0.3 is 0 Å². The van der Waals surface area contributed by atoms with Crippen LogP contribution in [0, 0.1) is 5.92 Å². The molecule has 1 aromatic rings. The number of carbonyl (C=O) groups is 1. The third-order valence-electron chi connectivity index (χ3n) is 3.75. The number of benzene rings is 1. The molecule has 19 heavy (non-hydrogen) atoms. The van der Waals surface area contributed by atoms with Gasteiger partial charge in [0.05, 0.1) is 12.0 Å². The predicted octanol–water partition coefficient (Wildman–Crippen LogP) is 1.16. The smallest absolute Gasteiger partial charge is 0.228 e. The summed E-state index contributed by atoms with van der Waals surface area (Å²) in [6.07, 6.45) is 1.66. The summed E-state index contributed by atoms with van der Waals surface area (Å²) in [5, 5.41) is 3.11. The lowest BCUT2D eigenvalue weighted by Crippen LogP contribution is -2.51. The van der Waals surface area contributed by atoms with Crippen LogP contribution in [-0.2, 0) is 15.6 Å². The first-order chi connectivity index (χ1) is 9.00. The molecule has 4 nitrogen and oxygen atoms in total. The van der Waals surface area contributed by atoms with Gasteiger partial charge in [0, 0.05) is 42.1 Å². The Hall–Kier alpha value is -1.20. The van der Waals surface area contributed by atoms with E-state index in [1.165, 1.54) is 0 Å². The van der Waals surface area contributed by atoms with Crippen molar-refractivity contribution in [1.82, 2.24) is 10.2 Å². The fourth-order valence-electron chi connectivity index (χ4n) is 2.10. The molecule has 104 valence electrons. The summed E-state index contributed by atoms with van der Waals surface area (Å²) in [5.74, 6) is 0.310. The van der Waals surface area contributed by atoms with E-state index in [4.69, 9.17) is 0 Å². The van der Waals surface area contributed by atoms with Crippen LogP contribution in [0.5, 0.6) is 0 Å². The Morgan fingerprint density at radius 3 is 2.37 bits per heavy atom. The molecule has 1 aliphatic rings. The molecule has 1 N–H and O–H groups in total. The van der Waals surface area contributed by atoms with Crippen molar-refractivity contribution >= 4 is 16.7 Å². The summed E-state index contributed by atoms with van der Waals surface area (Å²) < 4.78 is 11.3. The third kappa shape index (κ3) is 3.04. The van der Waals surface area contributed by atoms with Crippen molar-refractivity contribution in [1.29, 1.82) is 0 Å². The molecule has 1 heterocycles. The molecule has 5 heteroatoms. The summed E-state index contributed by atoms with van der Waals surface area (Å²) in [5.41, 5.74) is 1.07. The second-order valence-corrected chi connectivity index (χ2v) is 6.38. The molecule has 1 aromatic carbocycles. The van der Waals surface area contributed by atoms with E-state index in [0.29, 0.717) is 0 Å². The summed E-state index contributed by atoms with van der Waals surface area (Å²) >= 11 is 0. The Morgan fingerprint density at radius 1 is 1.37 bits per heavy atom. The maximum Gasteiger partial charge on any atom is 0.228 e. The normalized spacial score (nSPS) is 18.5. The highest BCUT2D eigenvalue weighted by molar-refractivity contribution is 7.84. The van der Waals surface area contributed by atoms with E-state index < -0.39 is 10.8 Å². The van der Waals surface area contributed by atoms with Crippen molar-refractivity contribution in [2.45, 2.75) is 17.9 Å². The van der Waals surface area contributed by atoms with Gasteiger partial charge in [0.1, 0.15) is 0 Å². The zero-order chi connectivity index (χ0) is 14.0. The van der Waals surface area contributed by atoms with Crippen LogP contribution in [0.15, 0.2) is 29.2 Å². The van der Waals surface area contributed by atoms with Crippen molar-refractivity contribution in [3.05, 3.63) is 29.8 Å². The first kappa shape index (κ1) is 14.2. The minimum Gasteiger partial charge on any atom is -0.339 e. The van der Waals surface area contributed by atoms with Crippen LogP contribution < -0.4 is 5.32 Å². The molecule has 0 radical (unpaired) electrons. The van der Waals surface area contributed by atoms with E-state index in [1.807, 2.05) is 38.2 Å². The highest BCUT2D eigenvalue weighted by atomic mass is 32.2. The van der Waals surface area contributed by atoms with Gasteiger partial charge in [-0.2, -0.15) is 0 Å². The van der Waals surface area contributed by atoms with E-state index in [-0.39, 0.29) is 17.9 Å². The van der Waals surface area contributed by atoms with Gasteiger partial charge < -0.3 is 10.2 Å². The molecule has 1 saturated heterocycles. The molecule has 0 aromatic heterocycles. The van der Waals surface area contributed by atoms with Crippen molar-refractivity contribution in [3.8, 4) is 0 Å². The fraction of sp³-hybridized carbons (Fsp3) is 0.500. The molecule has 0 saturated carbocycles.